The molecule has 6 heteroatoms. The van der Waals surface area contributed by atoms with E-state index < -0.39 is 0 Å². The molecule has 0 fully saturated rings. The van der Waals surface area contributed by atoms with Crippen molar-refractivity contribution in [2.24, 2.45) is 0 Å². The van der Waals surface area contributed by atoms with Gasteiger partial charge < -0.3 is 9.88 Å². The fourth-order valence-electron chi connectivity index (χ4n) is 3.21. The maximum Gasteiger partial charge on any atom is 0.265 e. The van der Waals surface area contributed by atoms with Crippen LogP contribution in [0, 0.1) is 13.8 Å². The van der Waals surface area contributed by atoms with Crippen LogP contribution in [0.4, 0.5) is 0 Å². The van der Waals surface area contributed by atoms with Crippen LogP contribution >= 0.6 is 27.5 Å². The number of nitrogens with zero attached hydrogens (tertiary/aromatic N) is 1. The van der Waals surface area contributed by atoms with Crippen molar-refractivity contribution in [3.8, 4) is 0 Å². The third-order valence-electron chi connectivity index (χ3n) is 4.85. The van der Waals surface area contributed by atoms with E-state index in [4.69, 9.17) is 11.6 Å². The Morgan fingerprint density at radius 1 is 1.22 bits per heavy atom. The number of aromatic nitrogens is 1. The van der Waals surface area contributed by atoms with E-state index in [9.17, 15) is 9.59 Å². The number of hydrogen-bond acceptors (Lipinski definition) is 2. The molecule has 1 aromatic carbocycles. The van der Waals surface area contributed by atoms with Crippen molar-refractivity contribution in [3.05, 3.63) is 66.5 Å². The van der Waals surface area contributed by atoms with Gasteiger partial charge in [0.15, 0.2) is 0 Å². The number of nitrogens with one attached hydrogen (secondary N) is 1. The molecule has 1 heterocycles. The Labute approximate surface area is 174 Å². The lowest BCUT2D eigenvalue weighted by molar-refractivity contribution is 0.0933. The number of rotatable bonds is 7. The van der Waals surface area contributed by atoms with E-state index in [1.165, 1.54) is 0 Å². The number of unbranched alkanes of at least 4 members (excludes halogenated alkanes) is 1. The Hall–Kier alpha value is -1.59. The third kappa shape index (κ3) is 4.82. The van der Waals surface area contributed by atoms with Gasteiger partial charge in [0.1, 0.15) is 0 Å². The van der Waals surface area contributed by atoms with E-state index in [0.717, 1.165) is 24.8 Å². The molecule has 0 radical (unpaired) electrons. The standard InChI is InChI=1S/C21H26BrClN2O2/c1-5-7-12-25-14(4)18(13(3)19(22)21(25)27)20(26)24-17(6-2)15-8-10-16(23)11-9-15/h8-11,17H,5-7,12H2,1-4H3,(H,24,26)/t17-/m0/s1. The van der Waals surface area contributed by atoms with Crippen LogP contribution < -0.4 is 10.9 Å². The molecular weight excluding hydrogens is 428 g/mol. The van der Waals surface area contributed by atoms with Crippen molar-refractivity contribution in [1.29, 1.82) is 0 Å². The molecule has 4 nitrogen and oxygen atoms in total. The molecule has 0 aliphatic carbocycles. The van der Waals surface area contributed by atoms with Crippen molar-refractivity contribution < 1.29 is 4.79 Å². The minimum atomic E-state index is -0.169. The van der Waals surface area contributed by atoms with Gasteiger partial charge in [0.2, 0.25) is 0 Å². The van der Waals surface area contributed by atoms with Crippen LogP contribution in [-0.4, -0.2) is 10.5 Å². The highest BCUT2D eigenvalue weighted by Crippen LogP contribution is 2.23. The number of halogens is 2. The van der Waals surface area contributed by atoms with Gasteiger partial charge in [0, 0.05) is 17.3 Å². The number of amides is 1. The van der Waals surface area contributed by atoms with Crippen molar-refractivity contribution in [3.63, 3.8) is 0 Å². The van der Waals surface area contributed by atoms with Gasteiger partial charge in [-0.2, -0.15) is 0 Å². The summed E-state index contributed by atoms with van der Waals surface area (Å²) >= 11 is 9.35. The van der Waals surface area contributed by atoms with Crippen LogP contribution in [0.1, 0.15) is 66.3 Å². The highest BCUT2D eigenvalue weighted by molar-refractivity contribution is 9.10. The summed E-state index contributed by atoms with van der Waals surface area (Å²) < 4.78 is 2.15. The second-order valence-corrected chi connectivity index (χ2v) is 7.93. The second-order valence-electron chi connectivity index (χ2n) is 6.70. The first-order valence-corrected chi connectivity index (χ1v) is 10.4. The minimum Gasteiger partial charge on any atom is -0.345 e. The van der Waals surface area contributed by atoms with E-state index in [1.54, 1.807) is 11.5 Å². The van der Waals surface area contributed by atoms with Gasteiger partial charge in [-0.3, -0.25) is 9.59 Å². The van der Waals surface area contributed by atoms with Crippen LogP contribution in [0.3, 0.4) is 0 Å². The molecule has 27 heavy (non-hydrogen) atoms. The van der Waals surface area contributed by atoms with Gasteiger partial charge in [-0.05, 0) is 65.9 Å². The number of pyridine rings is 1. The summed E-state index contributed by atoms with van der Waals surface area (Å²) in [5, 5.41) is 3.78. The van der Waals surface area contributed by atoms with Gasteiger partial charge >= 0.3 is 0 Å². The molecule has 1 amide bonds. The van der Waals surface area contributed by atoms with Gasteiger partial charge in [0.25, 0.3) is 11.5 Å². The largest absolute Gasteiger partial charge is 0.345 e. The topological polar surface area (TPSA) is 51.1 Å². The summed E-state index contributed by atoms with van der Waals surface area (Å²) in [6, 6.07) is 7.37. The molecular formula is C21H26BrClN2O2. The van der Waals surface area contributed by atoms with E-state index in [-0.39, 0.29) is 17.5 Å². The highest BCUT2D eigenvalue weighted by atomic mass is 79.9. The van der Waals surface area contributed by atoms with Gasteiger partial charge in [0.05, 0.1) is 16.1 Å². The van der Waals surface area contributed by atoms with Gasteiger partial charge in [-0.1, -0.05) is 44.0 Å². The summed E-state index contributed by atoms with van der Waals surface area (Å²) in [5.74, 6) is -0.169. The van der Waals surface area contributed by atoms with Crippen molar-refractivity contribution in [1.82, 2.24) is 9.88 Å². The fourth-order valence-corrected chi connectivity index (χ4v) is 3.75. The normalized spacial score (nSPS) is 12.1. The predicted octanol–water partition coefficient (Wildman–Crippen LogP) is 5.56. The van der Waals surface area contributed by atoms with Crippen LogP contribution in [0.25, 0.3) is 0 Å². The van der Waals surface area contributed by atoms with E-state index in [0.29, 0.717) is 32.9 Å². The summed E-state index contributed by atoms with van der Waals surface area (Å²) in [7, 11) is 0. The number of carbonyl (C=O) groups excluding carboxylic acids is 1. The lowest BCUT2D eigenvalue weighted by Crippen LogP contribution is -2.33. The lowest BCUT2D eigenvalue weighted by Gasteiger charge is -2.21. The quantitative estimate of drug-likeness (QED) is 0.596. The molecule has 0 bridgehead atoms. The Balaban J connectivity index is 2.41. The number of benzene rings is 1. The molecule has 0 unspecified atom stereocenters. The molecule has 1 atom stereocenters. The molecule has 0 saturated heterocycles. The average Bonchev–Trinajstić information content (AvgIpc) is 2.65. The first kappa shape index (κ1) is 21.7. The highest BCUT2D eigenvalue weighted by Gasteiger charge is 2.22. The number of hydrogen-bond donors (Lipinski definition) is 1. The Morgan fingerprint density at radius 2 is 1.85 bits per heavy atom. The maximum atomic E-state index is 13.1. The lowest BCUT2D eigenvalue weighted by atomic mass is 10.0. The van der Waals surface area contributed by atoms with Crippen LogP contribution in [0.15, 0.2) is 33.5 Å². The minimum absolute atomic E-state index is 0.0836. The smallest absolute Gasteiger partial charge is 0.265 e. The zero-order valence-electron chi connectivity index (χ0n) is 16.2. The first-order chi connectivity index (χ1) is 12.8. The van der Waals surface area contributed by atoms with Crippen LogP contribution in [0.2, 0.25) is 5.02 Å². The van der Waals surface area contributed by atoms with Crippen molar-refractivity contribution in [2.75, 3.05) is 0 Å². The maximum absolute atomic E-state index is 13.1. The number of carbonyl (C=O) groups is 1. The summed E-state index contributed by atoms with van der Waals surface area (Å²) in [4.78, 5) is 25.7. The van der Waals surface area contributed by atoms with Crippen LogP contribution in [-0.2, 0) is 6.54 Å². The average molecular weight is 454 g/mol. The Kier molecular flexibility index (Phi) is 7.68. The molecule has 0 aliphatic rings. The fraction of sp³-hybridized carbons (Fsp3) is 0.429. The Bertz CT molecular complexity index is 875. The molecule has 146 valence electrons. The van der Waals surface area contributed by atoms with E-state index >= 15 is 0 Å². The van der Waals surface area contributed by atoms with E-state index in [2.05, 4.69) is 28.2 Å². The first-order valence-electron chi connectivity index (χ1n) is 9.27. The van der Waals surface area contributed by atoms with E-state index in [1.807, 2.05) is 38.1 Å². The molecule has 2 aromatic rings. The molecule has 0 saturated carbocycles. The summed E-state index contributed by atoms with van der Waals surface area (Å²) in [6.45, 7) is 8.36. The molecule has 0 spiro atoms. The predicted molar refractivity (Wildman–Crippen MR) is 115 cm³/mol. The molecule has 2 rings (SSSR count). The Morgan fingerprint density at radius 3 is 2.41 bits per heavy atom. The molecule has 0 aliphatic heterocycles. The second kappa shape index (κ2) is 9.56. The van der Waals surface area contributed by atoms with Crippen molar-refractivity contribution in [2.45, 2.75) is 59.5 Å². The van der Waals surface area contributed by atoms with Crippen LogP contribution in [0.5, 0.6) is 0 Å². The zero-order valence-corrected chi connectivity index (χ0v) is 18.6. The monoisotopic (exact) mass is 452 g/mol. The molecule has 1 aromatic heterocycles. The van der Waals surface area contributed by atoms with Crippen molar-refractivity contribution >= 4 is 33.4 Å². The molecule has 1 N–H and O–H groups in total. The summed E-state index contributed by atoms with van der Waals surface area (Å²) in [5.41, 5.74) is 2.86. The van der Waals surface area contributed by atoms with Gasteiger partial charge in [-0.25, -0.2) is 0 Å². The SMILES string of the molecule is CCCCn1c(C)c(C(=O)N[C@@H](CC)c2ccc(Cl)cc2)c(C)c(Br)c1=O. The third-order valence-corrected chi connectivity index (χ3v) is 6.04. The summed E-state index contributed by atoms with van der Waals surface area (Å²) in [6.07, 6.45) is 2.62. The zero-order chi connectivity index (χ0) is 20.1. The van der Waals surface area contributed by atoms with Gasteiger partial charge in [-0.15, -0.1) is 0 Å².